The summed E-state index contributed by atoms with van der Waals surface area (Å²) in [6.07, 6.45) is 0. The van der Waals surface area contributed by atoms with Crippen molar-refractivity contribution in [3.05, 3.63) is 27.9 Å². The second-order valence-corrected chi connectivity index (χ2v) is 3.84. The second kappa shape index (κ2) is 3.12. The molecule has 1 aromatic heterocycles. The van der Waals surface area contributed by atoms with Gasteiger partial charge in [0.25, 0.3) is 0 Å². The Labute approximate surface area is 84.4 Å². The van der Waals surface area contributed by atoms with E-state index in [1.807, 2.05) is 19.1 Å². The number of fused-ring (bicyclic) bond motifs is 1. The highest BCUT2D eigenvalue weighted by Crippen LogP contribution is 2.27. The van der Waals surface area contributed by atoms with Gasteiger partial charge in [0.2, 0.25) is 0 Å². The third-order valence-electron chi connectivity index (χ3n) is 2.14. The number of aryl methyl sites for hydroxylation is 1. The molecule has 0 unspecified atom stereocenters. The van der Waals surface area contributed by atoms with Gasteiger partial charge in [-0.3, -0.25) is 5.10 Å². The number of nitrogens with one attached hydrogen (secondary N) is 1. The first-order valence-corrected chi connectivity index (χ1v) is 4.85. The number of aromatic amines is 1. The lowest BCUT2D eigenvalue weighted by Crippen LogP contribution is -1.97. The van der Waals surface area contributed by atoms with E-state index in [9.17, 15) is 0 Å². The molecule has 0 atom stereocenters. The van der Waals surface area contributed by atoms with E-state index < -0.39 is 0 Å². The molecule has 0 amide bonds. The van der Waals surface area contributed by atoms with Crippen LogP contribution in [-0.4, -0.2) is 10.2 Å². The first kappa shape index (κ1) is 8.72. The van der Waals surface area contributed by atoms with E-state index in [0.29, 0.717) is 6.54 Å². The molecule has 0 saturated heterocycles. The first-order valence-electron chi connectivity index (χ1n) is 4.06. The molecule has 0 fully saturated rings. The van der Waals surface area contributed by atoms with Gasteiger partial charge in [0, 0.05) is 22.1 Å². The Bertz CT molecular complexity index is 447. The highest BCUT2D eigenvalue weighted by Gasteiger charge is 2.08. The molecule has 3 N–H and O–H groups in total. The summed E-state index contributed by atoms with van der Waals surface area (Å²) >= 11 is 3.49. The number of halogens is 1. The third kappa shape index (κ3) is 1.26. The average Bonchev–Trinajstić information content (AvgIpc) is 2.50. The zero-order valence-corrected chi connectivity index (χ0v) is 8.85. The molecule has 0 saturated carbocycles. The van der Waals surface area contributed by atoms with Crippen molar-refractivity contribution in [2.45, 2.75) is 13.5 Å². The zero-order chi connectivity index (χ0) is 9.42. The Balaban J connectivity index is 2.87. The van der Waals surface area contributed by atoms with Gasteiger partial charge in [-0.2, -0.15) is 5.10 Å². The van der Waals surface area contributed by atoms with E-state index >= 15 is 0 Å². The number of H-pyrrole nitrogens is 1. The summed E-state index contributed by atoms with van der Waals surface area (Å²) in [4.78, 5) is 0. The molecule has 3 nitrogen and oxygen atoms in total. The van der Waals surface area contributed by atoms with Crippen LogP contribution in [0.5, 0.6) is 0 Å². The van der Waals surface area contributed by atoms with Crippen LogP contribution in [0.4, 0.5) is 0 Å². The van der Waals surface area contributed by atoms with Gasteiger partial charge in [-0.25, -0.2) is 0 Å². The van der Waals surface area contributed by atoms with E-state index in [4.69, 9.17) is 5.73 Å². The number of aromatic nitrogens is 2. The SMILES string of the molecule is Cc1[nH]nc2c(CN)ccc(Br)c12. The monoisotopic (exact) mass is 239 g/mol. The lowest BCUT2D eigenvalue weighted by Gasteiger charge is -1.99. The van der Waals surface area contributed by atoms with Crippen LogP contribution in [0.3, 0.4) is 0 Å². The fourth-order valence-electron chi connectivity index (χ4n) is 1.45. The standard InChI is InChI=1S/C9H10BrN3/c1-5-8-7(10)3-2-6(4-11)9(8)13-12-5/h2-3H,4,11H2,1H3,(H,12,13). The summed E-state index contributed by atoms with van der Waals surface area (Å²) in [6.45, 7) is 2.52. The van der Waals surface area contributed by atoms with Gasteiger partial charge >= 0.3 is 0 Å². The summed E-state index contributed by atoms with van der Waals surface area (Å²) in [5.41, 5.74) is 8.71. The Hall–Kier alpha value is -0.870. The van der Waals surface area contributed by atoms with Gasteiger partial charge in [0.05, 0.1) is 5.52 Å². The quantitative estimate of drug-likeness (QED) is 0.801. The number of rotatable bonds is 1. The van der Waals surface area contributed by atoms with Crippen molar-refractivity contribution < 1.29 is 0 Å². The molecule has 68 valence electrons. The molecule has 13 heavy (non-hydrogen) atoms. The third-order valence-corrected chi connectivity index (χ3v) is 2.80. The zero-order valence-electron chi connectivity index (χ0n) is 7.26. The van der Waals surface area contributed by atoms with Crippen molar-refractivity contribution in [1.29, 1.82) is 0 Å². The van der Waals surface area contributed by atoms with Crippen molar-refractivity contribution in [3.8, 4) is 0 Å². The van der Waals surface area contributed by atoms with Crippen molar-refractivity contribution in [2.75, 3.05) is 0 Å². The molecule has 2 rings (SSSR count). The summed E-state index contributed by atoms with van der Waals surface area (Å²) in [6, 6.07) is 4.00. The van der Waals surface area contributed by atoms with Crippen LogP contribution in [0.15, 0.2) is 16.6 Å². The molecular weight excluding hydrogens is 230 g/mol. The van der Waals surface area contributed by atoms with Gasteiger partial charge in [0.1, 0.15) is 0 Å². The maximum atomic E-state index is 5.61. The lowest BCUT2D eigenvalue weighted by molar-refractivity contribution is 1.04. The van der Waals surface area contributed by atoms with Crippen molar-refractivity contribution in [1.82, 2.24) is 10.2 Å². The summed E-state index contributed by atoms with van der Waals surface area (Å²) in [5, 5.41) is 8.30. The van der Waals surface area contributed by atoms with Crippen molar-refractivity contribution >= 4 is 26.8 Å². The van der Waals surface area contributed by atoms with Gasteiger partial charge in [-0.1, -0.05) is 22.0 Å². The molecule has 0 spiro atoms. The van der Waals surface area contributed by atoms with Crippen LogP contribution < -0.4 is 5.73 Å². The first-order chi connectivity index (χ1) is 6.24. The molecule has 0 aliphatic heterocycles. The van der Waals surface area contributed by atoms with Crippen molar-refractivity contribution in [2.24, 2.45) is 5.73 Å². The molecule has 0 bridgehead atoms. The van der Waals surface area contributed by atoms with E-state index in [1.54, 1.807) is 0 Å². The fourth-order valence-corrected chi connectivity index (χ4v) is 2.07. The normalized spacial score (nSPS) is 11.0. The fraction of sp³-hybridized carbons (Fsp3) is 0.222. The van der Waals surface area contributed by atoms with E-state index in [2.05, 4.69) is 26.1 Å². The van der Waals surface area contributed by atoms with Gasteiger partial charge in [-0.15, -0.1) is 0 Å². The Kier molecular flexibility index (Phi) is 2.09. The van der Waals surface area contributed by atoms with Crippen LogP contribution in [0.25, 0.3) is 10.9 Å². The summed E-state index contributed by atoms with van der Waals surface area (Å²) in [7, 11) is 0. The molecule has 1 heterocycles. The average molecular weight is 240 g/mol. The molecule has 0 aliphatic carbocycles. The second-order valence-electron chi connectivity index (χ2n) is 2.98. The van der Waals surface area contributed by atoms with Gasteiger partial charge in [0.15, 0.2) is 0 Å². The molecule has 2 aromatic rings. The van der Waals surface area contributed by atoms with E-state index in [1.165, 1.54) is 0 Å². The van der Waals surface area contributed by atoms with Crippen LogP contribution in [0, 0.1) is 6.92 Å². The minimum absolute atomic E-state index is 0.522. The minimum atomic E-state index is 0.522. The molecule has 4 heteroatoms. The Morgan fingerprint density at radius 2 is 2.31 bits per heavy atom. The van der Waals surface area contributed by atoms with Crippen LogP contribution >= 0.6 is 15.9 Å². The smallest absolute Gasteiger partial charge is 0.0979 e. The Morgan fingerprint density at radius 3 is 3.00 bits per heavy atom. The van der Waals surface area contributed by atoms with Gasteiger partial charge in [-0.05, 0) is 18.6 Å². The number of hydrogen-bond acceptors (Lipinski definition) is 2. The maximum absolute atomic E-state index is 5.61. The molecular formula is C9H10BrN3. The number of nitrogens with two attached hydrogens (primary N) is 1. The van der Waals surface area contributed by atoms with Gasteiger partial charge < -0.3 is 5.73 Å². The van der Waals surface area contributed by atoms with Crippen LogP contribution in [-0.2, 0) is 6.54 Å². The maximum Gasteiger partial charge on any atom is 0.0979 e. The summed E-state index contributed by atoms with van der Waals surface area (Å²) < 4.78 is 1.06. The minimum Gasteiger partial charge on any atom is -0.326 e. The number of hydrogen-bond donors (Lipinski definition) is 2. The van der Waals surface area contributed by atoms with E-state index in [-0.39, 0.29) is 0 Å². The number of benzene rings is 1. The van der Waals surface area contributed by atoms with Crippen LogP contribution in [0.2, 0.25) is 0 Å². The van der Waals surface area contributed by atoms with E-state index in [0.717, 1.165) is 26.6 Å². The topological polar surface area (TPSA) is 54.7 Å². The highest BCUT2D eigenvalue weighted by molar-refractivity contribution is 9.10. The summed E-state index contributed by atoms with van der Waals surface area (Å²) in [5.74, 6) is 0. The largest absolute Gasteiger partial charge is 0.326 e. The predicted molar refractivity (Wildman–Crippen MR) is 56.4 cm³/mol. The predicted octanol–water partition coefficient (Wildman–Crippen LogP) is 2.09. The number of nitrogens with zero attached hydrogens (tertiary/aromatic N) is 1. The highest BCUT2D eigenvalue weighted by atomic mass is 79.9. The molecule has 0 aliphatic rings. The lowest BCUT2D eigenvalue weighted by atomic mass is 10.1. The van der Waals surface area contributed by atoms with Crippen LogP contribution in [0.1, 0.15) is 11.3 Å². The molecule has 1 aromatic carbocycles. The van der Waals surface area contributed by atoms with Crippen molar-refractivity contribution in [3.63, 3.8) is 0 Å². The Morgan fingerprint density at radius 1 is 1.54 bits per heavy atom. The molecule has 0 radical (unpaired) electrons.